The first-order valence-electron chi connectivity index (χ1n) is 5.03. The first-order valence-corrected chi connectivity index (χ1v) is 5.03. The van der Waals surface area contributed by atoms with Gasteiger partial charge in [-0.05, 0) is 25.8 Å². The Hall–Kier alpha value is -0.650. The van der Waals surface area contributed by atoms with Crippen LogP contribution in [0.15, 0.2) is 0 Å². The predicted octanol–water partition coefficient (Wildman–Crippen LogP) is -1.06. The van der Waals surface area contributed by atoms with Gasteiger partial charge in [0, 0.05) is 25.6 Å². The number of carbonyl (C=O) groups is 1. The van der Waals surface area contributed by atoms with Crippen molar-refractivity contribution in [2.75, 3.05) is 19.7 Å². The number of primary amides is 1. The molecule has 0 saturated heterocycles. The zero-order valence-corrected chi connectivity index (χ0v) is 8.54. The molecule has 1 amide bonds. The second-order valence-corrected chi connectivity index (χ2v) is 3.34. The van der Waals surface area contributed by atoms with E-state index in [9.17, 15) is 4.79 Å². The fourth-order valence-corrected chi connectivity index (χ4v) is 1.20. The third kappa shape index (κ3) is 7.97. The van der Waals surface area contributed by atoms with Crippen LogP contribution in [0.3, 0.4) is 0 Å². The van der Waals surface area contributed by atoms with Crippen molar-refractivity contribution >= 4 is 5.91 Å². The molecule has 0 aliphatic carbocycles. The Labute approximate surface area is 84.8 Å². The number of rotatable bonds is 9. The fourth-order valence-electron chi connectivity index (χ4n) is 1.20. The molecule has 84 valence electrons. The summed E-state index contributed by atoms with van der Waals surface area (Å²) in [5, 5.41) is 11.7. The van der Waals surface area contributed by atoms with Crippen molar-refractivity contribution in [3.05, 3.63) is 0 Å². The first-order chi connectivity index (χ1) is 6.70. The van der Waals surface area contributed by atoms with Crippen molar-refractivity contribution in [3.63, 3.8) is 0 Å². The Morgan fingerprint density at radius 1 is 1.36 bits per heavy atom. The van der Waals surface area contributed by atoms with Crippen LogP contribution in [0.25, 0.3) is 0 Å². The number of aliphatic hydroxyl groups excluding tert-OH is 1. The molecule has 0 aromatic rings. The van der Waals surface area contributed by atoms with Crippen molar-refractivity contribution in [1.29, 1.82) is 0 Å². The van der Waals surface area contributed by atoms with Crippen LogP contribution in [-0.4, -0.2) is 36.8 Å². The molecule has 1 unspecified atom stereocenters. The van der Waals surface area contributed by atoms with Crippen LogP contribution in [0.1, 0.15) is 25.7 Å². The molecule has 0 bridgehead atoms. The molecular formula is C9H21N3O2. The summed E-state index contributed by atoms with van der Waals surface area (Å²) >= 11 is 0. The highest BCUT2D eigenvalue weighted by Gasteiger charge is 2.08. The number of hydrogen-bond acceptors (Lipinski definition) is 4. The third-order valence-corrected chi connectivity index (χ3v) is 2.00. The maximum absolute atomic E-state index is 10.6. The molecule has 1 atom stereocenters. The van der Waals surface area contributed by atoms with Gasteiger partial charge in [0.1, 0.15) is 0 Å². The van der Waals surface area contributed by atoms with Crippen molar-refractivity contribution in [2.45, 2.75) is 31.7 Å². The molecule has 0 aliphatic heterocycles. The number of nitrogens with one attached hydrogen (secondary N) is 1. The Kier molecular flexibility index (Phi) is 8.51. The number of hydrogen-bond donors (Lipinski definition) is 4. The molecule has 5 heteroatoms. The van der Waals surface area contributed by atoms with Crippen LogP contribution < -0.4 is 16.8 Å². The Bertz CT molecular complexity index is 153. The number of nitrogens with two attached hydrogens (primary N) is 2. The summed E-state index contributed by atoms with van der Waals surface area (Å²) in [6, 6.07) is -0.0124. The predicted molar refractivity (Wildman–Crippen MR) is 55.6 cm³/mol. The van der Waals surface area contributed by atoms with E-state index >= 15 is 0 Å². The van der Waals surface area contributed by atoms with Gasteiger partial charge in [-0.3, -0.25) is 4.79 Å². The minimum Gasteiger partial charge on any atom is -0.396 e. The van der Waals surface area contributed by atoms with Gasteiger partial charge in [-0.1, -0.05) is 0 Å². The van der Waals surface area contributed by atoms with Crippen LogP contribution in [0.2, 0.25) is 0 Å². The SMILES string of the molecule is NCC(CC(N)=O)NCCCCCO. The average molecular weight is 203 g/mol. The van der Waals surface area contributed by atoms with E-state index in [-0.39, 0.29) is 25.0 Å². The van der Waals surface area contributed by atoms with Crippen LogP contribution >= 0.6 is 0 Å². The number of amides is 1. The molecule has 0 aliphatic rings. The third-order valence-electron chi connectivity index (χ3n) is 2.00. The molecule has 0 saturated carbocycles. The molecule has 14 heavy (non-hydrogen) atoms. The summed E-state index contributed by atoms with van der Waals surface area (Å²) in [5.41, 5.74) is 10.5. The Morgan fingerprint density at radius 3 is 2.57 bits per heavy atom. The topological polar surface area (TPSA) is 101 Å². The highest BCUT2D eigenvalue weighted by atomic mass is 16.2. The maximum Gasteiger partial charge on any atom is 0.219 e. The molecule has 0 fully saturated rings. The van der Waals surface area contributed by atoms with Gasteiger partial charge in [-0.15, -0.1) is 0 Å². The lowest BCUT2D eigenvalue weighted by Gasteiger charge is -2.14. The lowest BCUT2D eigenvalue weighted by Crippen LogP contribution is -2.39. The molecule has 0 radical (unpaired) electrons. The van der Waals surface area contributed by atoms with Gasteiger partial charge in [0.25, 0.3) is 0 Å². The minimum atomic E-state index is -0.330. The standard InChI is InChI=1S/C9H21N3O2/c10-7-8(6-9(11)14)12-4-2-1-3-5-13/h8,12-13H,1-7,10H2,(H2,11,14). The van der Waals surface area contributed by atoms with E-state index in [1.807, 2.05) is 0 Å². The highest BCUT2D eigenvalue weighted by molar-refractivity contribution is 5.74. The summed E-state index contributed by atoms with van der Waals surface area (Å²) in [6.45, 7) is 1.47. The number of unbranched alkanes of at least 4 members (excludes halogenated alkanes) is 2. The molecule has 0 aromatic carbocycles. The van der Waals surface area contributed by atoms with Crippen LogP contribution in [0.5, 0.6) is 0 Å². The van der Waals surface area contributed by atoms with Crippen LogP contribution in [-0.2, 0) is 4.79 Å². The quantitative estimate of drug-likeness (QED) is 0.359. The zero-order valence-electron chi connectivity index (χ0n) is 8.54. The summed E-state index contributed by atoms with van der Waals surface area (Å²) < 4.78 is 0. The van der Waals surface area contributed by atoms with Crippen molar-refractivity contribution < 1.29 is 9.90 Å². The van der Waals surface area contributed by atoms with Gasteiger partial charge in [-0.2, -0.15) is 0 Å². The van der Waals surface area contributed by atoms with E-state index in [0.29, 0.717) is 6.54 Å². The van der Waals surface area contributed by atoms with Gasteiger partial charge in [0.2, 0.25) is 5.91 Å². The zero-order chi connectivity index (χ0) is 10.8. The largest absolute Gasteiger partial charge is 0.396 e. The Morgan fingerprint density at radius 2 is 2.07 bits per heavy atom. The van der Waals surface area contributed by atoms with E-state index in [1.54, 1.807) is 0 Å². The van der Waals surface area contributed by atoms with E-state index < -0.39 is 0 Å². The van der Waals surface area contributed by atoms with Gasteiger partial charge >= 0.3 is 0 Å². The smallest absolute Gasteiger partial charge is 0.219 e. The average Bonchev–Trinajstić information content (AvgIpc) is 2.15. The van der Waals surface area contributed by atoms with E-state index in [0.717, 1.165) is 25.8 Å². The monoisotopic (exact) mass is 203 g/mol. The van der Waals surface area contributed by atoms with Crippen LogP contribution in [0.4, 0.5) is 0 Å². The Balaban J connectivity index is 3.38. The molecular weight excluding hydrogens is 182 g/mol. The van der Waals surface area contributed by atoms with E-state index in [4.69, 9.17) is 16.6 Å². The molecule has 5 nitrogen and oxygen atoms in total. The number of carbonyl (C=O) groups excluding carboxylic acids is 1. The van der Waals surface area contributed by atoms with E-state index in [2.05, 4.69) is 5.32 Å². The van der Waals surface area contributed by atoms with Gasteiger partial charge in [-0.25, -0.2) is 0 Å². The van der Waals surface area contributed by atoms with Crippen molar-refractivity contribution in [1.82, 2.24) is 5.32 Å². The lowest BCUT2D eigenvalue weighted by molar-refractivity contribution is -0.118. The first kappa shape index (κ1) is 13.4. The molecule has 6 N–H and O–H groups in total. The summed E-state index contributed by atoms with van der Waals surface area (Å²) in [6.07, 6.45) is 3.08. The summed E-state index contributed by atoms with van der Waals surface area (Å²) in [5.74, 6) is -0.330. The van der Waals surface area contributed by atoms with Crippen molar-refractivity contribution in [2.24, 2.45) is 11.5 Å². The summed E-state index contributed by atoms with van der Waals surface area (Å²) in [7, 11) is 0. The maximum atomic E-state index is 10.6. The van der Waals surface area contributed by atoms with E-state index in [1.165, 1.54) is 0 Å². The number of aliphatic hydroxyl groups is 1. The summed E-state index contributed by atoms with van der Waals surface area (Å²) in [4.78, 5) is 10.6. The lowest BCUT2D eigenvalue weighted by atomic mass is 10.2. The molecule has 0 spiro atoms. The van der Waals surface area contributed by atoms with Gasteiger partial charge < -0.3 is 21.9 Å². The molecule has 0 heterocycles. The second kappa shape index (κ2) is 8.93. The van der Waals surface area contributed by atoms with Crippen molar-refractivity contribution in [3.8, 4) is 0 Å². The highest BCUT2D eigenvalue weighted by Crippen LogP contribution is 1.94. The normalized spacial score (nSPS) is 12.7. The molecule has 0 rings (SSSR count). The van der Waals surface area contributed by atoms with Crippen LogP contribution in [0, 0.1) is 0 Å². The minimum absolute atomic E-state index is 0.0124. The second-order valence-electron chi connectivity index (χ2n) is 3.34. The van der Waals surface area contributed by atoms with Gasteiger partial charge in [0.05, 0.1) is 0 Å². The molecule has 0 aromatic heterocycles. The fraction of sp³-hybridized carbons (Fsp3) is 0.889. The van der Waals surface area contributed by atoms with Gasteiger partial charge in [0.15, 0.2) is 0 Å².